The van der Waals surface area contributed by atoms with E-state index >= 15 is 0 Å². The first-order valence-electron chi connectivity index (χ1n) is 5.26. The van der Waals surface area contributed by atoms with E-state index in [0.717, 1.165) is 25.9 Å². The van der Waals surface area contributed by atoms with E-state index in [2.05, 4.69) is 11.8 Å². The molecular formula is C10H20FNO. The number of halogens is 1. The largest absolute Gasteiger partial charge is 0.375 e. The molecule has 0 N–H and O–H groups in total. The fourth-order valence-electron chi connectivity index (χ4n) is 1.82. The van der Waals surface area contributed by atoms with Crippen molar-refractivity contribution >= 4 is 0 Å². The maximum absolute atomic E-state index is 11.9. The molecular weight excluding hydrogens is 169 g/mol. The predicted octanol–water partition coefficient (Wildman–Crippen LogP) is 1.85. The number of rotatable bonds is 4. The van der Waals surface area contributed by atoms with E-state index in [0.29, 0.717) is 6.10 Å². The van der Waals surface area contributed by atoms with Crippen molar-refractivity contribution in [2.45, 2.75) is 32.3 Å². The van der Waals surface area contributed by atoms with Crippen LogP contribution in [0.4, 0.5) is 4.39 Å². The second kappa shape index (κ2) is 6.33. The highest BCUT2D eigenvalue weighted by molar-refractivity contribution is 4.69. The second-order valence-corrected chi connectivity index (χ2v) is 3.55. The number of alkyl halides is 1. The van der Waals surface area contributed by atoms with Crippen LogP contribution in [0, 0.1) is 0 Å². The van der Waals surface area contributed by atoms with Gasteiger partial charge in [-0.25, -0.2) is 4.39 Å². The van der Waals surface area contributed by atoms with Gasteiger partial charge in [-0.15, -0.1) is 0 Å². The smallest absolute Gasteiger partial charge is 0.113 e. The van der Waals surface area contributed by atoms with Crippen LogP contribution in [0.5, 0.6) is 0 Å². The molecule has 78 valence electrons. The topological polar surface area (TPSA) is 12.5 Å². The fourth-order valence-corrected chi connectivity index (χ4v) is 1.82. The summed E-state index contributed by atoms with van der Waals surface area (Å²) in [6.45, 7) is 5.50. The third kappa shape index (κ3) is 4.05. The summed E-state index contributed by atoms with van der Waals surface area (Å²) < 4.78 is 17.3. The minimum Gasteiger partial charge on any atom is -0.375 e. The monoisotopic (exact) mass is 189 g/mol. The van der Waals surface area contributed by atoms with E-state index in [1.165, 1.54) is 13.0 Å². The normalized spacial score (nSPS) is 25.8. The highest BCUT2D eigenvalue weighted by Gasteiger charge is 2.15. The summed E-state index contributed by atoms with van der Waals surface area (Å²) in [5.74, 6) is 0. The first kappa shape index (κ1) is 10.9. The lowest BCUT2D eigenvalue weighted by Gasteiger charge is -2.17. The Morgan fingerprint density at radius 3 is 2.92 bits per heavy atom. The molecule has 1 rings (SSSR count). The van der Waals surface area contributed by atoms with Crippen molar-refractivity contribution in [1.29, 1.82) is 0 Å². The van der Waals surface area contributed by atoms with Crippen LogP contribution in [-0.4, -0.2) is 43.9 Å². The van der Waals surface area contributed by atoms with Gasteiger partial charge in [0.1, 0.15) is 6.67 Å². The molecule has 0 bridgehead atoms. The molecule has 3 heteroatoms. The predicted molar refractivity (Wildman–Crippen MR) is 51.7 cm³/mol. The molecule has 1 atom stereocenters. The van der Waals surface area contributed by atoms with Crippen molar-refractivity contribution in [3.8, 4) is 0 Å². The maximum Gasteiger partial charge on any atom is 0.113 e. The third-order valence-electron chi connectivity index (χ3n) is 2.65. The number of likely N-dealkylation sites (tertiary alicyclic amines) is 1. The zero-order valence-corrected chi connectivity index (χ0v) is 8.47. The molecule has 0 aromatic heterocycles. The van der Waals surface area contributed by atoms with Crippen LogP contribution in [0.1, 0.15) is 26.2 Å². The van der Waals surface area contributed by atoms with Crippen LogP contribution in [0.15, 0.2) is 0 Å². The van der Waals surface area contributed by atoms with Gasteiger partial charge >= 0.3 is 0 Å². The van der Waals surface area contributed by atoms with E-state index in [1.807, 2.05) is 0 Å². The Morgan fingerprint density at radius 1 is 1.38 bits per heavy atom. The van der Waals surface area contributed by atoms with Gasteiger partial charge in [-0.05, 0) is 32.4 Å². The van der Waals surface area contributed by atoms with Crippen molar-refractivity contribution in [3.05, 3.63) is 0 Å². The average Bonchev–Trinajstić information content (AvgIpc) is 2.39. The Labute approximate surface area is 80.1 Å². The molecule has 0 amide bonds. The summed E-state index contributed by atoms with van der Waals surface area (Å²) in [5.41, 5.74) is 0. The van der Waals surface area contributed by atoms with Gasteiger partial charge < -0.3 is 9.64 Å². The van der Waals surface area contributed by atoms with Crippen molar-refractivity contribution in [2.24, 2.45) is 0 Å². The highest BCUT2D eigenvalue weighted by Crippen LogP contribution is 2.13. The van der Waals surface area contributed by atoms with Crippen molar-refractivity contribution in [3.63, 3.8) is 0 Å². The molecule has 1 saturated heterocycles. The van der Waals surface area contributed by atoms with E-state index in [9.17, 15) is 4.39 Å². The summed E-state index contributed by atoms with van der Waals surface area (Å²) in [4.78, 5) is 2.43. The molecule has 0 aliphatic carbocycles. The Hall–Kier alpha value is -0.150. The second-order valence-electron chi connectivity index (χ2n) is 3.55. The minimum absolute atomic E-state index is 0.275. The van der Waals surface area contributed by atoms with Gasteiger partial charge in [0, 0.05) is 6.54 Å². The van der Waals surface area contributed by atoms with Gasteiger partial charge in [0.15, 0.2) is 0 Å². The van der Waals surface area contributed by atoms with Gasteiger partial charge in [0.25, 0.3) is 0 Å². The minimum atomic E-state index is -0.353. The van der Waals surface area contributed by atoms with Crippen LogP contribution >= 0.6 is 0 Å². The number of hydrogen-bond donors (Lipinski definition) is 0. The van der Waals surface area contributed by atoms with Gasteiger partial charge in [0.05, 0.1) is 12.7 Å². The standard InChI is InChI=1S/C10H20FNO/c1-2-12-7-3-4-10(5-8-12)13-9-6-11/h10H,2-9H2,1H3. The third-order valence-corrected chi connectivity index (χ3v) is 2.65. The fraction of sp³-hybridized carbons (Fsp3) is 1.00. The summed E-state index contributed by atoms with van der Waals surface area (Å²) in [6, 6.07) is 0. The van der Waals surface area contributed by atoms with E-state index in [1.54, 1.807) is 0 Å². The molecule has 0 saturated carbocycles. The van der Waals surface area contributed by atoms with Crippen LogP contribution in [-0.2, 0) is 4.74 Å². The number of hydrogen-bond acceptors (Lipinski definition) is 2. The van der Waals surface area contributed by atoms with Crippen molar-refractivity contribution in [1.82, 2.24) is 4.90 Å². The Balaban J connectivity index is 2.19. The lowest BCUT2D eigenvalue weighted by molar-refractivity contribution is 0.0354. The van der Waals surface area contributed by atoms with E-state index in [-0.39, 0.29) is 13.3 Å². The Morgan fingerprint density at radius 2 is 2.23 bits per heavy atom. The van der Waals surface area contributed by atoms with Crippen LogP contribution in [0.3, 0.4) is 0 Å². The van der Waals surface area contributed by atoms with E-state index < -0.39 is 0 Å². The van der Waals surface area contributed by atoms with Crippen LogP contribution < -0.4 is 0 Å². The van der Waals surface area contributed by atoms with Crippen LogP contribution in [0.2, 0.25) is 0 Å². The lowest BCUT2D eigenvalue weighted by Crippen LogP contribution is -2.25. The summed E-state index contributed by atoms with van der Waals surface area (Å²) in [6.07, 6.45) is 3.64. The quantitative estimate of drug-likeness (QED) is 0.669. The highest BCUT2D eigenvalue weighted by atomic mass is 19.1. The zero-order chi connectivity index (χ0) is 9.52. The molecule has 1 unspecified atom stereocenters. The molecule has 0 radical (unpaired) electrons. The van der Waals surface area contributed by atoms with E-state index in [4.69, 9.17) is 4.74 Å². The zero-order valence-electron chi connectivity index (χ0n) is 8.47. The Kier molecular flexibility index (Phi) is 5.32. The molecule has 2 nitrogen and oxygen atoms in total. The summed E-state index contributed by atoms with van der Waals surface area (Å²) in [5, 5.41) is 0. The molecule has 1 aliphatic rings. The van der Waals surface area contributed by atoms with Crippen molar-refractivity contribution < 1.29 is 9.13 Å². The molecule has 0 spiro atoms. The summed E-state index contributed by atoms with van der Waals surface area (Å²) in [7, 11) is 0. The Bertz CT molecular complexity index is 132. The van der Waals surface area contributed by atoms with Gasteiger partial charge in [-0.2, -0.15) is 0 Å². The van der Waals surface area contributed by atoms with Gasteiger partial charge in [0.2, 0.25) is 0 Å². The molecule has 1 heterocycles. The lowest BCUT2D eigenvalue weighted by atomic mass is 10.2. The molecule has 1 fully saturated rings. The molecule has 0 aromatic carbocycles. The molecule has 1 aliphatic heterocycles. The SMILES string of the molecule is CCN1CCCC(OCCF)CC1. The van der Waals surface area contributed by atoms with Crippen LogP contribution in [0.25, 0.3) is 0 Å². The molecule has 13 heavy (non-hydrogen) atoms. The number of ether oxygens (including phenoxy) is 1. The maximum atomic E-state index is 11.9. The first-order valence-corrected chi connectivity index (χ1v) is 5.26. The number of nitrogens with zero attached hydrogens (tertiary/aromatic N) is 1. The van der Waals surface area contributed by atoms with Crippen molar-refractivity contribution in [2.75, 3.05) is 32.9 Å². The van der Waals surface area contributed by atoms with Gasteiger partial charge in [-0.3, -0.25) is 0 Å². The average molecular weight is 189 g/mol. The van der Waals surface area contributed by atoms with Gasteiger partial charge in [-0.1, -0.05) is 6.92 Å². The molecule has 0 aromatic rings. The summed E-state index contributed by atoms with van der Waals surface area (Å²) >= 11 is 0. The first-order chi connectivity index (χ1) is 6.36.